The van der Waals surface area contributed by atoms with Gasteiger partial charge in [-0.15, -0.1) is 0 Å². The lowest BCUT2D eigenvalue weighted by Crippen LogP contribution is -2.47. The van der Waals surface area contributed by atoms with Crippen LogP contribution in [-0.2, 0) is 4.79 Å². The molecule has 1 aliphatic carbocycles. The van der Waals surface area contributed by atoms with E-state index >= 15 is 0 Å². The summed E-state index contributed by atoms with van der Waals surface area (Å²) in [6, 6.07) is 0.0127. The van der Waals surface area contributed by atoms with Crippen LogP contribution in [0.4, 0.5) is 0 Å². The van der Waals surface area contributed by atoms with Gasteiger partial charge in [0, 0.05) is 13.2 Å². The van der Waals surface area contributed by atoms with Crippen LogP contribution in [0.1, 0.15) is 38.5 Å². The second-order valence-corrected chi connectivity index (χ2v) is 5.19. The molecule has 0 bridgehead atoms. The van der Waals surface area contributed by atoms with E-state index in [2.05, 4.69) is 10.6 Å². The highest BCUT2D eigenvalue weighted by molar-refractivity contribution is 5.81. The lowest BCUT2D eigenvalue weighted by molar-refractivity contribution is -0.124. The van der Waals surface area contributed by atoms with E-state index in [1.165, 1.54) is 6.42 Å². The van der Waals surface area contributed by atoms with Crippen LogP contribution in [0.2, 0.25) is 0 Å². The van der Waals surface area contributed by atoms with E-state index in [4.69, 9.17) is 5.11 Å². The molecule has 4 nitrogen and oxygen atoms in total. The minimum Gasteiger partial charge on any atom is -0.396 e. The van der Waals surface area contributed by atoms with Crippen LogP contribution < -0.4 is 10.6 Å². The Hall–Kier alpha value is -0.610. The monoisotopic (exact) mass is 226 g/mol. The number of aliphatic hydroxyl groups is 1. The second kappa shape index (κ2) is 5.15. The Kier molecular flexibility index (Phi) is 3.82. The van der Waals surface area contributed by atoms with Gasteiger partial charge in [-0.05, 0) is 44.1 Å². The molecule has 2 rings (SSSR count). The first-order valence-corrected chi connectivity index (χ1v) is 6.38. The van der Waals surface area contributed by atoms with Gasteiger partial charge in [0.2, 0.25) is 5.91 Å². The van der Waals surface area contributed by atoms with Crippen molar-refractivity contribution in [2.24, 2.45) is 5.41 Å². The van der Waals surface area contributed by atoms with Gasteiger partial charge < -0.3 is 15.7 Å². The molecule has 0 aromatic carbocycles. The van der Waals surface area contributed by atoms with Crippen LogP contribution >= 0.6 is 0 Å². The molecule has 16 heavy (non-hydrogen) atoms. The largest absolute Gasteiger partial charge is 0.396 e. The third kappa shape index (κ3) is 2.95. The van der Waals surface area contributed by atoms with Crippen LogP contribution in [0.3, 0.4) is 0 Å². The Bertz CT molecular complexity index is 245. The summed E-state index contributed by atoms with van der Waals surface area (Å²) in [5.41, 5.74) is 0.221. The Morgan fingerprint density at radius 2 is 2.25 bits per heavy atom. The van der Waals surface area contributed by atoms with Gasteiger partial charge in [-0.1, -0.05) is 6.42 Å². The van der Waals surface area contributed by atoms with Crippen molar-refractivity contribution < 1.29 is 9.90 Å². The summed E-state index contributed by atoms with van der Waals surface area (Å²) in [6.45, 7) is 1.93. The number of nitrogens with one attached hydrogen (secondary N) is 2. The fraction of sp³-hybridized carbons (Fsp3) is 0.917. The molecule has 1 heterocycles. The Labute approximate surface area is 96.8 Å². The van der Waals surface area contributed by atoms with Crippen molar-refractivity contribution in [3.05, 3.63) is 0 Å². The van der Waals surface area contributed by atoms with Gasteiger partial charge in [-0.25, -0.2) is 0 Å². The zero-order chi connectivity index (χ0) is 11.4. The Morgan fingerprint density at radius 1 is 1.44 bits per heavy atom. The number of carbonyl (C=O) groups excluding carboxylic acids is 1. The molecule has 1 saturated carbocycles. The molecule has 0 aromatic heterocycles. The van der Waals surface area contributed by atoms with Crippen molar-refractivity contribution in [3.8, 4) is 0 Å². The minimum atomic E-state index is 0.0127. The SMILES string of the molecule is O=C(NCC1(CCO)CC1)C1CCCCN1. The first-order valence-electron chi connectivity index (χ1n) is 6.38. The molecule has 0 spiro atoms. The lowest BCUT2D eigenvalue weighted by atomic mass is 10.0. The highest BCUT2D eigenvalue weighted by Gasteiger charge is 2.42. The summed E-state index contributed by atoms with van der Waals surface area (Å²) >= 11 is 0. The van der Waals surface area contributed by atoms with Gasteiger partial charge in [0.1, 0.15) is 0 Å². The van der Waals surface area contributed by atoms with Gasteiger partial charge in [0.15, 0.2) is 0 Å². The molecule has 1 saturated heterocycles. The van der Waals surface area contributed by atoms with Crippen LogP contribution in [0, 0.1) is 5.41 Å². The topological polar surface area (TPSA) is 61.4 Å². The number of amides is 1. The highest BCUT2D eigenvalue weighted by Crippen LogP contribution is 2.47. The zero-order valence-electron chi connectivity index (χ0n) is 9.80. The summed E-state index contributed by atoms with van der Waals surface area (Å²) in [4.78, 5) is 11.8. The van der Waals surface area contributed by atoms with Crippen molar-refractivity contribution >= 4 is 5.91 Å². The molecular weight excluding hydrogens is 204 g/mol. The van der Waals surface area contributed by atoms with Gasteiger partial charge in [-0.3, -0.25) is 4.79 Å². The number of hydrogen-bond acceptors (Lipinski definition) is 3. The van der Waals surface area contributed by atoms with E-state index in [0.717, 1.165) is 45.2 Å². The first kappa shape index (κ1) is 11.9. The fourth-order valence-corrected chi connectivity index (χ4v) is 2.40. The van der Waals surface area contributed by atoms with E-state index in [1.807, 2.05) is 0 Å². The number of carbonyl (C=O) groups is 1. The van der Waals surface area contributed by atoms with E-state index in [0.29, 0.717) is 0 Å². The smallest absolute Gasteiger partial charge is 0.237 e. The third-order valence-corrected chi connectivity index (χ3v) is 3.86. The Morgan fingerprint density at radius 3 is 2.81 bits per heavy atom. The fourth-order valence-electron chi connectivity index (χ4n) is 2.40. The van der Waals surface area contributed by atoms with E-state index in [-0.39, 0.29) is 24.0 Å². The molecule has 2 fully saturated rings. The number of hydrogen-bond donors (Lipinski definition) is 3. The average Bonchev–Trinajstić information content (AvgIpc) is 3.08. The lowest BCUT2D eigenvalue weighted by Gasteiger charge is -2.24. The molecule has 1 aliphatic heterocycles. The molecule has 1 amide bonds. The van der Waals surface area contributed by atoms with Gasteiger partial charge in [0.05, 0.1) is 6.04 Å². The van der Waals surface area contributed by atoms with Crippen molar-refractivity contribution in [2.75, 3.05) is 19.7 Å². The van der Waals surface area contributed by atoms with E-state index < -0.39 is 0 Å². The number of aliphatic hydroxyl groups excluding tert-OH is 1. The zero-order valence-corrected chi connectivity index (χ0v) is 9.80. The second-order valence-electron chi connectivity index (χ2n) is 5.19. The standard InChI is InChI=1S/C12H22N2O2/c15-8-6-12(4-5-12)9-14-11(16)10-3-1-2-7-13-10/h10,13,15H,1-9H2,(H,14,16). The van der Waals surface area contributed by atoms with Crippen LogP contribution in [0.25, 0.3) is 0 Å². The first-order chi connectivity index (χ1) is 7.76. The molecule has 1 atom stereocenters. The van der Waals surface area contributed by atoms with Crippen LogP contribution in [0.15, 0.2) is 0 Å². The molecule has 0 aromatic rings. The summed E-state index contributed by atoms with van der Waals surface area (Å²) in [5, 5.41) is 15.2. The maximum absolute atomic E-state index is 11.8. The normalized spacial score (nSPS) is 27.4. The molecule has 1 unspecified atom stereocenters. The maximum atomic E-state index is 11.8. The quantitative estimate of drug-likeness (QED) is 0.636. The summed E-state index contributed by atoms with van der Waals surface area (Å²) in [6.07, 6.45) is 6.40. The molecule has 3 N–H and O–H groups in total. The van der Waals surface area contributed by atoms with Crippen molar-refractivity contribution in [3.63, 3.8) is 0 Å². The van der Waals surface area contributed by atoms with Crippen molar-refractivity contribution in [1.29, 1.82) is 0 Å². The summed E-state index contributed by atoms with van der Waals surface area (Å²) < 4.78 is 0. The van der Waals surface area contributed by atoms with Crippen LogP contribution in [-0.4, -0.2) is 36.8 Å². The van der Waals surface area contributed by atoms with Crippen molar-refractivity contribution in [2.45, 2.75) is 44.6 Å². The van der Waals surface area contributed by atoms with E-state index in [1.54, 1.807) is 0 Å². The third-order valence-electron chi connectivity index (χ3n) is 3.86. The molecular formula is C12H22N2O2. The predicted octanol–water partition coefficient (Wildman–Crippen LogP) is 0.407. The van der Waals surface area contributed by atoms with Crippen LogP contribution in [0.5, 0.6) is 0 Å². The Balaban J connectivity index is 1.70. The summed E-state index contributed by atoms with van der Waals surface area (Å²) in [5.74, 6) is 0.143. The molecule has 2 aliphatic rings. The van der Waals surface area contributed by atoms with Crippen molar-refractivity contribution in [1.82, 2.24) is 10.6 Å². The van der Waals surface area contributed by atoms with E-state index in [9.17, 15) is 4.79 Å². The maximum Gasteiger partial charge on any atom is 0.237 e. The number of piperidine rings is 1. The highest BCUT2D eigenvalue weighted by atomic mass is 16.3. The predicted molar refractivity (Wildman–Crippen MR) is 62.0 cm³/mol. The molecule has 4 heteroatoms. The molecule has 92 valence electrons. The van der Waals surface area contributed by atoms with Gasteiger partial charge in [-0.2, -0.15) is 0 Å². The van der Waals surface area contributed by atoms with Gasteiger partial charge in [0.25, 0.3) is 0 Å². The average molecular weight is 226 g/mol. The molecule has 0 radical (unpaired) electrons. The minimum absolute atomic E-state index is 0.0127. The van der Waals surface area contributed by atoms with Gasteiger partial charge >= 0.3 is 0 Å². The summed E-state index contributed by atoms with van der Waals surface area (Å²) in [7, 11) is 0. The number of rotatable bonds is 5.